The Hall–Kier alpha value is -2.34. The van der Waals surface area contributed by atoms with Gasteiger partial charge in [-0.2, -0.15) is 10.5 Å². The lowest BCUT2D eigenvalue weighted by Crippen LogP contribution is -2.17. The molecule has 6 nitrogen and oxygen atoms in total. The number of rotatable bonds is 7. The van der Waals surface area contributed by atoms with Gasteiger partial charge in [0.25, 0.3) is 0 Å². The minimum atomic E-state index is -0.143. The van der Waals surface area contributed by atoms with Gasteiger partial charge in [-0.1, -0.05) is 33.1 Å². The number of amides is 1. The van der Waals surface area contributed by atoms with E-state index in [-0.39, 0.29) is 23.2 Å². The van der Waals surface area contributed by atoms with Gasteiger partial charge in [0.2, 0.25) is 11.9 Å². The maximum Gasteiger partial charge on any atom is 0.226 e. The van der Waals surface area contributed by atoms with Crippen LogP contribution in [0.1, 0.15) is 57.3 Å². The largest absolute Gasteiger partial charge is 0.314 e. The normalized spacial score (nSPS) is 11.4. The molecule has 0 unspecified atom stereocenters. The summed E-state index contributed by atoms with van der Waals surface area (Å²) in [5, 5.41) is 20.2. The van der Waals surface area contributed by atoms with E-state index in [9.17, 15) is 4.79 Å². The highest BCUT2D eigenvalue weighted by atomic mass is 16.1. The van der Waals surface area contributed by atoms with Crippen LogP contribution in [0.3, 0.4) is 0 Å². The molecule has 0 aliphatic rings. The molecule has 2 N–H and O–H groups in total. The molecule has 0 saturated heterocycles. The molecule has 106 valence electrons. The summed E-state index contributed by atoms with van der Waals surface area (Å²) in [7, 11) is 0. The summed E-state index contributed by atoms with van der Waals surface area (Å²) >= 11 is 0. The number of nitriles is 2. The lowest BCUT2D eigenvalue weighted by Gasteiger charge is -2.13. The maximum absolute atomic E-state index is 11.9. The van der Waals surface area contributed by atoms with E-state index in [0.29, 0.717) is 12.3 Å². The predicted molar refractivity (Wildman–Crippen MR) is 74.6 cm³/mol. The van der Waals surface area contributed by atoms with E-state index in [0.717, 1.165) is 25.7 Å². The van der Waals surface area contributed by atoms with E-state index in [1.165, 1.54) is 0 Å². The molecule has 0 aromatic carbocycles. The number of hydrogen-bond donors (Lipinski definition) is 2. The molecule has 1 aromatic heterocycles. The van der Waals surface area contributed by atoms with E-state index in [1.807, 2.05) is 6.07 Å². The molecule has 1 aromatic rings. The first-order chi connectivity index (χ1) is 9.64. The summed E-state index contributed by atoms with van der Waals surface area (Å²) in [6, 6.07) is 3.63. The number of unbranched alkanes of at least 4 members (excludes halogenated alkanes) is 1. The molecule has 0 aliphatic heterocycles. The number of nitrogens with zero attached hydrogens (tertiary/aromatic N) is 3. The number of nitrogens with one attached hydrogen (secondary N) is 2. The molecular formula is C14H19N5O. The van der Waals surface area contributed by atoms with Crippen molar-refractivity contribution in [2.45, 2.75) is 46.0 Å². The molecule has 0 saturated carbocycles. The number of imidazole rings is 1. The average molecular weight is 273 g/mol. The number of hydrogen-bond acceptors (Lipinski definition) is 4. The van der Waals surface area contributed by atoms with Crippen LogP contribution in [-0.2, 0) is 4.79 Å². The molecule has 0 fully saturated rings. The van der Waals surface area contributed by atoms with Crippen LogP contribution in [0.4, 0.5) is 5.95 Å². The molecule has 6 heteroatoms. The van der Waals surface area contributed by atoms with Crippen LogP contribution < -0.4 is 5.32 Å². The Bertz CT molecular complexity index is 503. The zero-order valence-electron chi connectivity index (χ0n) is 11.9. The van der Waals surface area contributed by atoms with Crippen molar-refractivity contribution in [2.75, 3.05) is 5.32 Å². The Labute approximate surface area is 118 Å². The second-order valence-corrected chi connectivity index (χ2v) is 4.70. The minimum Gasteiger partial charge on any atom is -0.314 e. The van der Waals surface area contributed by atoms with Crippen molar-refractivity contribution in [2.24, 2.45) is 5.92 Å². The van der Waals surface area contributed by atoms with Gasteiger partial charge in [-0.05, 0) is 12.3 Å². The molecule has 1 heterocycles. The van der Waals surface area contributed by atoms with Gasteiger partial charge in [-0.25, -0.2) is 4.98 Å². The van der Waals surface area contributed by atoms with Crippen LogP contribution in [0.5, 0.6) is 0 Å². The summed E-state index contributed by atoms with van der Waals surface area (Å²) in [5.41, 5.74) is 0.0710. The zero-order chi connectivity index (χ0) is 15.0. The Morgan fingerprint density at radius 1 is 1.40 bits per heavy atom. The van der Waals surface area contributed by atoms with Gasteiger partial charge in [-0.15, -0.1) is 0 Å². The van der Waals surface area contributed by atoms with E-state index < -0.39 is 0 Å². The number of anilines is 1. The number of carbonyl (C=O) groups is 1. The Balaban J connectivity index is 2.60. The molecule has 1 atom stereocenters. The first kappa shape index (κ1) is 15.7. The smallest absolute Gasteiger partial charge is 0.226 e. The first-order valence-corrected chi connectivity index (χ1v) is 6.84. The van der Waals surface area contributed by atoms with Crippen molar-refractivity contribution in [1.82, 2.24) is 9.97 Å². The van der Waals surface area contributed by atoms with Crippen LogP contribution in [0, 0.1) is 28.6 Å². The van der Waals surface area contributed by atoms with Gasteiger partial charge >= 0.3 is 0 Å². The second-order valence-electron chi connectivity index (χ2n) is 4.70. The molecule has 0 radical (unpaired) electrons. The number of carbonyl (C=O) groups excluding carboxylic acids is 1. The number of aromatic nitrogens is 2. The fraction of sp³-hybridized carbons (Fsp3) is 0.571. The minimum absolute atomic E-state index is 0.000763. The van der Waals surface area contributed by atoms with Crippen molar-refractivity contribution in [3.63, 3.8) is 0 Å². The third-order valence-corrected chi connectivity index (χ3v) is 3.20. The summed E-state index contributed by atoms with van der Waals surface area (Å²) in [6.45, 7) is 4.20. The van der Waals surface area contributed by atoms with Crippen LogP contribution in [-0.4, -0.2) is 15.9 Å². The first-order valence-electron chi connectivity index (χ1n) is 6.84. The molecule has 1 amide bonds. The highest BCUT2D eigenvalue weighted by molar-refractivity contribution is 5.89. The van der Waals surface area contributed by atoms with E-state index >= 15 is 0 Å². The standard InChI is InChI=1S/C14H19N5O/c1-3-5-6-10(4-2)7-13(20)19-14-17-11(8-15)12(9-16)18-14/h10H,3-7H2,1-2H3,(H2,17,18,19,20)/t10-/m1/s1. The van der Waals surface area contributed by atoms with Crippen LogP contribution in [0.15, 0.2) is 0 Å². The third-order valence-electron chi connectivity index (χ3n) is 3.20. The molecule has 0 spiro atoms. The lowest BCUT2D eigenvalue weighted by molar-refractivity contribution is -0.117. The number of aromatic amines is 1. The number of H-pyrrole nitrogens is 1. The molecule has 1 rings (SSSR count). The van der Waals surface area contributed by atoms with Gasteiger partial charge in [0, 0.05) is 6.42 Å². The fourth-order valence-electron chi connectivity index (χ4n) is 1.98. The van der Waals surface area contributed by atoms with E-state index in [1.54, 1.807) is 6.07 Å². The van der Waals surface area contributed by atoms with E-state index in [2.05, 4.69) is 29.1 Å². The van der Waals surface area contributed by atoms with Gasteiger partial charge < -0.3 is 4.98 Å². The van der Waals surface area contributed by atoms with Gasteiger partial charge in [-0.3, -0.25) is 10.1 Å². The van der Waals surface area contributed by atoms with Crippen LogP contribution >= 0.6 is 0 Å². The maximum atomic E-state index is 11.9. The van der Waals surface area contributed by atoms with Crippen LogP contribution in [0.2, 0.25) is 0 Å². The predicted octanol–water partition coefficient (Wildman–Crippen LogP) is 2.70. The summed E-state index contributed by atoms with van der Waals surface area (Å²) in [5.74, 6) is 0.375. The molecule has 20 heavy (non-hydrogen) atoms. The Morgan fingerprint density at radius 2 is 2.15 bits per heavy atom. The fourth-order valence-corrected chi connectivity index (χ4v) is 1.98. The SMILES string of the molecule is CCCC[C@@H](CC)CC(=O)Nc1nc(C#N)c(C#N)[nH]1. The zero-order valence-corrected chi connectivity index (χ0v) is 11.9. The average Bonchev–Trinajstić information content (AvgIpc) is 2.85. The van der Waals surface area contributed by atoms with Gasteiger partial charge in [0.1, 0.15) is 12.1 Å². The quantitative estimate of drug-likeness (QED) is 0.796. The third kappa shape index (κ3) is 4.40. The molecule has 0 bridgehead atoms. The summed E-state index contributed by atoms with van der Waals surface area (Å²) < 4.78 is 0. The highest BCUT2D eigenvalue weighted by Crippen LogP contribution is 2.17. The highest BCUT2D eigenvalue weighted by Gasteiger charge is 2.15. The lowest BCUT2D eigenvalue weighted by atomic mass is 9.95. The van der Waals surface area contributed by atoms with Crippen molar-refractivity contribution in [3.05, 3.63) is 11.4 Å². The Kier molecular flexibility index (Phi) is 6.25. The van der Waals surface area contributed by atoms with Crippen molar-refractivity contribution < 1.29 is 4.79 Å². The van der Waals surface area contributed by atoms with Crippen molar-refractivity contribution in [3.8, 4) is 12.1 Å². The van der Waals surface area contributed by atoms with Crippen molar-refractivity contribution in [1.29, 1.82) is 10.5 Å². The van der Waals surface area contributed by atoms with E-state index in [4.69, 9.17) is 10.5 Å². The Morgan fingerprint density at radius 3 is 2.65 bits per heavy atom. The molecule has 0 aliphatic carbocycles. The topological polar surface area (TPSA) is 105 Å². The van der Waals surface area contributed by atoms with Gasteiger partial charge in [0.15, 0.2) is 11.4 Å². The van der Waals surface area contributed by atoms with Crippen molar-refractivity contribution >= 4 is 11.9 Å². The monoisotopic (exact) mass is 273 g/mol. The summed E-state index contributed by atoms with van der Waals surface area (Å²) in [4.78, 5) is 18.4. The van der Waals surface area contributed by atoms with Gasteiger partial charge in [0.05, 0.1) is 0 Å². The van der Waals surface area contributed by atoms with Crippen LogP contribution in [0.25, 0.3) is 0 Å². The molecular weight excluding hydrogens is 254 g/mol. The second kappa shape index (κ2) is 7.96. The summed E-state index contributed by atoms with van der Waals surface area (Å²) in [6.07, 6.45) is 4.65.